The maximum atomic E-state index is 9.64. The average Bonchev–Trinajstić information content (AvgIpc) is 2.70. The number of phenolic OH excluding ortho intramolecular Hbond substituents is 1. The second-order valence-corrected chi connectivity index (χ2v) is 4.54. The van der Waals surface area contributed by atoms with Crippen LogP contribution in [0.25, 0.3) is 0 Å². The van der Waals surface area contributed by atoms with Crippen molar-refractivity contribution in [1.82, 2.24) is 14.9 Å². The van der Waals surface area contributed by atoms with Crippen LogP contribution in [-0.2, 0) is 0 Å². The van der Waals surface area contributed by atoms with Gasteiger partial charge in [0, 0.05) is 11.5 Å². The fraction of sp³-hybridized carbons (Fsp3) is 0.250. The Labute approximate surface area is 110 Å². The molecule has 1 aromatic heterocycles. The van der Waals surface area contributed by atoms with Gasteiger partial charge in [-0.1, -0.05) is 26.0 Å². The predicted molar refractivity (Wildman–Crippen MR) is 72.6 cm³/mol. The van der Waals surface area contributed by atoms with Crippen LogP contribution in [0, 0.1) is 4.77 Å². The summed E-state index contributed by atoms with van der Waals surface area (Å²) < 4.78 is 2.00. The van der Waals surface area contributed by atoms with Crippen molar-refractivity contribution in [1.29, 1.82) is 0 Å². The molecule has 2 N–H and O–H groups in total. The molecule has 2 aromatic rings. The number of hydrogen-bond donors (Lipinski definition) is 2. The molecule has 0 fully saturated rings. The van der Waals surface area contributed by atoms with Crippen molar-refractivity contribution in [2.45, 2.75) is 19.8 Å². The van der Waals surface area contributed by atoms with Crippen LogP contribution in [-0.4, -0.2) is 26.2 Å². The topological polar surface area (TPSA) is 66.2 Å². The van der Waals surface area contributed by atoms with Gasteiger partial charge in [-0.2, -0.15) is 14.9 Å². The van der Waals surface area contributed by atoms with Gasteiger partial charge in [0.15, 0.2) is 5.82 Å². The number of nitrogens with zero attached hydrogens (tertiary/aromatic N) is 3. The first kappa shape index (κ1) is 12.5. The largest absolute Gasteiger partial charge is 0.507 e. The molecule has 5 nitrogen and oxygen atoms in total. The van der Waals surface area contributed by atoms with Crippen molar-refractivity contribution in [2.75, 3.05) is 0 Å². The molecular formula is C12H14N4OS. The van der Waals surface area contributed by atoms with Crippen LogP contribution in [0.2, 0.25) is 0 Å². The fourth-order valence-corrected chi connectivity index (χ4v) is 1.69. The molecule has 1 aromatic carbocycles. The van der Waals surface area contributed by atoms with Crippen LogP contribution in [0.4, 0.5) is 0 Å². The lowest BCUT2D eigenvalue weighted by Crippen LogP contribution is -2.00. The van der Waals surface area contributed by atoms with Crippen LogP contribution in [0.15, 0.2) is 29.4 Å². The van der Waals surface area contributed by atoms with Crippen LogP contribution in [0.1, 0.15) is 31.2 Å². The highest BCUT2D eigenvalue weighted by atomic mass is 32.1. The molecule has 0 spiro atoms. The maximum Gasteiger partial charge on any atom is 0.216 e. The summed E-state index contributed by atoms with van der Waals surface area (Å²) >= 11 is 5.11. The van der Waals surface area contributed by atoms with Gasteiger partial charge in [0.05, 0.1) is 6.21 Å². The van der Waals surface area contributed by atoms with E-state index in [2.05, 4.69) is 15.3 Å². The van der Waals surface area contributed by atoms with E-state index in [1.165, 1.54) is 0 Å². The van der Waals surface area contributed by atoms with Crippen molar-refractivity contribution in [3.63, 3.8) is 0 Å². The second kappa shape index (κ2) is 5.14. The van der Waals surface area contributed by atoms with Crippen molar-refractivity contribution < 1.29 is 5.11 Å². The minimum absolute atomic E-state index is 0.183. The molecule has 0 aliphatic carbocycles. The molecule has 0 atom stereocenters. The summed E-state index contributed by atoms with van der Waals surface area (Å²) in [6.07, 6.45) is 1.56. The molecule has 0 aliphatic heterocycles. The number of phenols is 1. The zero-order valence-corrected chi connectivity index (χ0v) is 11.0. The van der Waals surface area contributed by atoms with Crippen molar-refractivity contribution in [2.24, 2.45) is 5.10 Å². The Kier molecular flexibility index (Phi) is 3.57. The zero-order valence-electron chi connectivity index (χ0n) is 10.2. The normalized spacial score (nSPS) is 11.5. The number of para-hydroxylation sites is 1. The zero-order chi connectivity index (χ0) is 13.1. The van der Waals surface area contributed by atoms with Crippen molar-refractivity contribution in [3.8, 4) is 5.75 Å². The van der Waals surface area contributed by atoms with Gasteiger partial charge < -0.3 is 5.11 Å². The van der Waals surface area contributed by atoms with E-state index in [9.17, 15) is 5.11 Å². The molecule has 1 heterocycles. The Hall–Kier alpha value is -1.95. The van der Waals surface area contributed by atoms with Crippen LogP contribution in [0.3, 0.4) is 0 Å². The van der Waals surface area contributed by atoms with E-state index in [-0.39, 0.29) is 11.7 Å². The van der Waals surface area contributed by atoms with E-state index in [1.54, 1.807) is 29.1 Å². The van der Waals surface area contributed by atoms with E-state index in [1.807, 2.05) is 19.9 Å². The third-order valence-corrected chi connectivity index (χ3v) is 2.71. The van der Waals surface area contributed by atoms with Crippen LogP contribution >= 0.6 is 12.2 Å². The monoisotopic (exact) mass is 262 g/mol. The SMILES string of the molecule is CC(C)c1n[nH]c(=S)n1/N=C/c1ccccc1O. The van der Waals surface area contributed by atoms with Crippen LogP contribution < -0.4 is 0 Å². The molecule has 0 saturated carbocycles. The van der Waals surface area contributed by atoms with Gasteiger partial charge in [0.25, 0.3) is 0 Å². The van der Waals surface area contributed by atoms with Gasteiger partial charge in [-0.25, -0.2) is 0 Å². The molecule has 0 radical (unpaired) electrons. The third-order valence-electron chi connectivity index (χ3n) is 2.44. The van der Waals surface area contributed by atoms with Crippen molar-refractivity contribution >= 4 is 18.4 Å². The van der Waals surface area contributed by atoms with E-state index < -0.39 is 0 Å². The maximum absolute atomic E-state index is 9.64. The lowest BCUT2D eigenvalue weighted by molar-refractivity contribution is 0.474. The van der Waals surface area contributed by atoms with Gasteiger partial charge in [0.2, 0.25) is 4.77 Å². The molecule has 18 heavy (non-hydrogen) atoms. The lowest BCUT2D eigenvalue weighted by Gasteiger charge is -2.03. The standard InChI is InChI=1S/C12H14N4OS/c1-8(2)11-14-15-12(18)16(11)13-7-9-5-3-4-6-10(9)17/h3-8,17H,1-2H3,(H,15,18)/b13-7+. The Morgan fingerprint density at radius 1 is 1.44 bits per heavy atom. The summed E-state index contributed by atoms with van der Waals surface area (Å²) in [5.74, 6) is 1.15. The lowest BCUT2D eigenvalue weighted by atomic mass is 10.2. The minimum atomic E-state index is 0.183. The fourth-order valence-electron chi connectivity index (χ4n) is 1.51. The quantitative estimate of drug-likeness (QED) is 0.660. The summed E-state index contributed by atoms with van der Waals surface area (Å²) in [6, 6.07) is 6.98. The van der Waals surface area contributed by atoms with E-state index in [4.69, 9.17) is 12.2 Å². The average molecular weight is 262 g/mol. The molecule has 0 amide bonds. The minimum Gasteiger partial charge on any atom is -0.507 e. The van der Waals surface area contributed by atoms with Gasteiger partial charge in [-0.15, -0.1) is 0 Å². The van der Waals surface area contributed by atoms with Gasteiger partial charge in [0.1, 0.15) is 5.75 Å². The molecule has 0 bridgehead atoms. The molecule has 0 unspecified atom stereocenters. The number of aromatic nitrogens is 3. The molecule has 0 saturated heterocycles. The molecule has 0 aliphatic rings. The van der Waals surface area contributed by atoms with Gasteiger partial charge in [-0.05, 0) is 24.4 Å². The Bertz CT molecular complexity index is 627. The Balaban J connectivity index is 2.38. The molecule has 6 heteroatoms. The number of aromatic hydroxyl groups is 1. The number of H-pyrrole nitrogens is 1. The first-order chi connectivity index (χ1) is 8.59. The smallest absolute Gasteiger partial charge is 0.216 e. The van der Waals surface area contributed by atoms with Crippen molar-refractivity contribution in [3.05, 3.63) is 40.4 Å². The summed E-state index contributed by atoms with van der Waals surface area (Å²) in [7, 11) is 0. The molecular weight excluding hydrogens is 248 g/mol. The van der Waals surface area contributed by atoms with Crippen LogP contribution in [0.5, 0.6) is 5.75 Å². The summed E-state index contributed by atoms with van der Waals surface area (Å²) in [6.45, 7) is 4.02. The number of hydrogen-bond acceptors (Lipinski definition) is 4. The Morgan fingerprint density at radius 2 is 2.17 bits per heavy atom. The van der Waals surface area contributed by atoms with E-state index in [0.29, 0.717) is 10.3 Å². The summed E-state index contributed by atoms with van der Waals surface area (Å²) in [5.41, 5.74) is 0.635. The number of rotatable bonds is 3. The summed E-state index contributed by atoms with van der Waals surface area (Å²) in [4.78, 5) is 0. The highest BCUT2D eigenvalue weighted by Crippen LogP contribution is 2.14. The van der Waals surface area contributed by atoms with E-state index in [0.717, 1.165) is 5.82 Å². The number of aromatic amines is 1. The third kappa shape index (κ3) is 2.48. The second-order valence-electron chi connectivity index (χ2n) is 4.16. The van der Waals surface area contributed by atoms with Gasteiger partial charge >= 0.3 is 0 Å². The highest BCUT2D eigenvalue weighted by Gasteiger charge is 2.08. The first-order valence-corrected chi connectivity index (χ1v) is 6.00. The molecule has 94 valence electrons. The highest BCUT2D eigenvalue weighted by molar-refractivity contribution is 7.71. The molecule has 2 rings (SSSR count). The summed E-state index contributed by atoms with van der Waals surface area (Å²) in [5, 5.41) is 20.7. The van der Waals surface area contributed by atoms with Gasteiger partial charge in [-0.3, -0.25) is 5.10 Å². The predicted octanol–water partition coefficient (Wildman–Crippen LogP) is 2.65. The van der Waals surface area contributed by atoms with E-state index >= 15 is 0 Å². The number of nitrogens with one attached hydrogen (secondary N) is 1. The number of benzene rings is 1. The Morgan fingerprint density at radius 3 is 2.83 bits per heavy atom. The first-order valence-electron chi connectivity index (χ1n) is 5.59.